The average molecular weight is 251 g/mol. The fourth-order valence-electron chi connectivity index (χ4n) is 1.55. The zero-order valence-electron chi connectivity index (χ0n) is 11.9. The molecule has 0 radical (unpaired) electrons. The monoisotopic (exact) mass is 251 g/mol. The van der Waals surface area contributed by atoms with Crippen molar-refractivity contribution in [2.45, 2.75) is 52.6 Å². The summed E-state index contributed by atoms with van der Waals surface area (Å²) in [6.07, 6.45) is 4.12. The van der Waals surface area contributed by atoms with Crippen molar-refractivity contribution < 1.29 is 4.74 Å². The Morgan fingerprint density at radius 3 is 2.61 bits per heavy atom. The van der Waals surface area contributed by atoms with Crippen LogP contribution in [-0.4, -0.2) is 29.2 Å². The number of hydrogen-bond donors (Lipinski definition) is 1. The van der Waals surface area contributed by atoms with E-state index >= 15 is 0 Å². The first kappa shape index (κ1) is 14.9. The molecule has 0 aliphatic carbocycles. The van der Waals surface area contributed by atoms with Gasteiger partial charge in [0.2, 0.25) is 0 Å². The Bertz CT molecular complexity index is 340. The van der Waals surface area contributed by atoms with E-state index in [-0.39, 0.29) is 0 Å². The van der Waals surface area contributed by atoms with Crippen LogP contribution in [-0.2, 0) is 4.74 Å². The number of rotatable bonds is 8. The summed E-state index contributed by atoms with van der Waals surface area (Å²) in [4.78, 5) is 8.46. The largest absolute Gasteiger partial charge is 0.379 e. The van der Waals surface area contributed by atoms with Gasteiger partial charge in [-0.05, 0) is 32.6 Å². The predicted octanol–water partition coefficient (Wildman–Crippen LogP) is 3.22. The SMILES string of the molecule is CC(C)OCCCCNc1cc(C(C)C)ncn1. The number of unbranched alkanes of at least 4 members (excludes halogenated alkanes) is 1. The molecule has 0 saturated carbocycles. The van der Waals surface area contributed by atoms with Crippen molar-refractivity contribution in [3.05, 3.63) is 18.1 Å². The Hall–Kier alpha value is -1.16. The molecular formula is C14H25N3O. The maximum atomic E-state index is 5.49. The third-order valence-corrected chi connectivity index (χ3v) is 2.61. The van der Waals surface area contributed by atoms with Crippen LogP contribution >= 0.6 is 0 Å². The second-order valence-electron chi connectivity index (χ2n) is 5.04. The summed E-state index contributed by atoms with van der Waals surface area (Å²) in [6.45, 7) is 10.2. The average Bonchev–Trinajstić information content (AvgIpc) is 2.33. The number of nitrogens with one attached hydrogen (secondary N) is 1. The molecule has 18 heavy (non-hydrogen) atoms. The van der Waals surface area contributed by atoms with Gasteiger partial charge in [-0.1, -0.05) is 13.8 Å². The molecule has 4 nitrogen and oxygen atoms in total. The predicted molar refractivity (Wildman–Crippen MR) is 74.9 cm³/mol. The topological polar surface area (TPSA) is 47.0 Å². The maximum Gasteiger partial charge on any atom is 0.129 e. The summed E-state index contributed by atoms with van der Waals surface area (Å²) in [6, 6.07) is 2.02. The number of nitrogens with zero attached hydrogens (tertiary/aromatic N) is 2. The van der Waals surface area contributed by atoms with Gasteiger partial charge >= 0.3 is 0 Å². The Balaban J connectivity index is 2.21. The molecule has 0 bridgehead atoms. The van der Waals surface area contributed by atoms with E-state index in [1.54, 1.807) is 6.33 Å². The smallest absolute Gasteiger partial charge is 0.129 e. The van der Waals surface area contributed by atoms with Crippen LogP contribution < -0.4 is 5.32 Å². The second-order valence-corrected chi connectivity index (χ2v) is 5.04. The molecule has 0 fully saturated rings. The lowest BCUT2D eigenvalue weighted by Crippen LogP contribution is -2.08. The maximum absolute atomic E-state index is 5.49. The molecule has 1 aromatic heterocycles. The third-order valence-electron chi connectivity index (χ3n) is 2.61. The van der Waals surface area contributed by atoms with Crippen molar-refractivity contribution in [3.63, 3.8) is 0 Å². The zero-order valence-corrected chi connectivity index (χ0v) is 11.9. The molecule has 0 spiro atoms. The van der Waals surface area contributed by atoms with Gasteiger partial charge in [-0.3, -0.25) is 0 Å². The van der Waals surface area contributed by atoms with E-state index in [1.807, 2.05) is 6.07 Å². The van der Waals surface area contributed by atoms with Crippen LogP contribution in [0.1, 0.15) is 52.1 Å². The highest BCUT2D eigenvalue weighted by molar-refractivity contribution is 5.35. The van der Waals surface area contributed by atoms with Gasteiger partial charge in [0.1, 0.15) is 12.1 Å². The molecule has 1 rings (SSSR count). The van der Waals surface area contributed by atoms with Crippen molar-refractivity contribution in [3.8, 4) is 0 Å². The van der Waals surface area contributed by atoms with Gasteiger partial charge in [0, 0.05) is 24.9 Å². The molecule has 0 amide bonds. The molecular weight excluding hydrogens is 226 g/mol. The van der Waals surface area contributed by atoms with Crippen LogP contribution in [0.25, 0.3) is 0 Å². The summed E-state index contributed by atoms with van der Waals surface area (Å²) < 4.78 is 5.49. The summed E-state index contributed by atoms with van der Waals surface area (Å²) in [7, 11) is 0. The summed E-state index contributed by atoms with van der Waals surface area (Å²) >= 11 is 0. The first-order valence-corrected chi connectivity index (χ1v) is 6.77. The summed E-state index contributed by atoms with van der Waals surface area (Å²) in [5.41, 5.74) is 1.08. The van der Waals surface area contributed by atoms with E-state index in [2.05, 4.69) is 43.0 Å². The quantitative estimate of drug-likeness (QED) is 0.721. The molecule has 1 N–H and O–H groups in total. The fourth-order valence-corrected chi connectivity index (χ4v) is 1.55. The normalized spacial score (nSPS) is 11.2. The Labute approximate surface area is 110 Å². The lowest BCUT2D eigenvalue weighted by Gasteiger charge is -2.09. The molecule has 1 heterocycles. The molecule has 102 valence electrons. The van der Waals surface area contributed by atoms with Gasteiger partial charge in [-0.2, -0.15) is 0 Å². The van der Waals surface area contributed by atoms with Crippen LogP contribution in [0.3, 0.4) is 0 Å². The minimum Gasteiger partial charge on any atom is -0.379 e. The van der Waals surface area contributed by atoms with E-state index < -0.39 is 0 Å². The second kappa shape index (κ2) is 8.03. The molecule has 4 heteroatoms. The standard InChI is InChI=1S/C14H25N3O/c1-11(2)13-9-14(17-10-16-13)15-7-5-6-8-18-12(3)4/h9-12H,5-8H2,1-4H3,(H,15,16,17). The molecule has 1 aromatic rings. The molecule has 0 aliphatic rings. The highest BCUT2D eigenvalue weighted by Gasteiger charge is 2.02. The highest BCUT2D eigenvalue weighted by atomic mass is 16.5. The minimum atomic E-state index is 0.327. The van der Waals surface area contributed by atoms with Crippen molar-refractivity contribution in [1.29, 1.82) is 0 Å². The van der Waals surface area contributed by atoms with Gasteiger partial charge in [0.25, 0.3) is 0 Å². The van der Waals surface area contributed by atoms with Crippen molar-refractivity contribution >= 4 is 5.82 Å². The number of ether oxygens (including phenoxy) is 1. The number of anilines is 1. The molecule has 0 aromatic carbocycles. The number of aromatic nitrogens is 2. The van der Waals surface area contributed by atoms with Crippen LogP contribution in [0.4, 0.5) is 5.82 Å². The van der Waals surface area contributed by atoms with Crippen LogP contribution in [0.15, 0.2) is 12.4 Å². The van der Waals surface area contributed by atoms with Crippen LogP contribution in [0.2, 0.25) is 0 Å². The van der Waals surface area contributed by atoms with E-state index in [0.29, 0.717) is 12.0 Å². The van der Waals surface area contributed by atoms with Crippen LogP contribution in [0.5, 0.6) is 0 Å². The fraction of sp³-hybridized carbons (Fsp3) is 0.714. The first-order valence-electron chi connectivity index (χ1n) is 6.77. The van der Waals surface area contributed by atoms with Crippen molar-refractivity contribution in [1.82, 2.24) is 9.97 Å². The minimum absolute atomic E-state index is 0.327. The van der Waals surface area contributed by atoms with Gasteiger partial charge in [-0.25, -0.2) is 9.97 Å². The van der Waals surface area contributed by atoms with E-state index in [1.165, 1.54) is 0 Å². The highest BCUT2D eigenvalue weighted by Crippen LogP contribution is 2.13. The third kappa shape index (κ3) is 5.96. The zero-order chi connectivity index (χ0) is 13.4. The lowest BCUT2D eigenvalue weighted by molar-refractivity contribution is 0.0765. The Morgan fingerprint density at radius 1 is 1.17 bits per heavy atom. The van der Waals surface area contributed by atoms with Crippen molar-refractivity contribution in [2.75, 3.05) is 18.5 Å². The van der Waals surface area contributed by atoms with Gasteiger partial charge in [-0.15, -0.1) is 0 Å². The van der Waals surface area contributed by atoms with E-state index in [9.17, 15) is 0 Å². The van der Waals surface area contributed by atoms with Crippen LogP contribution in [0, 0.1) is 0 Å². The Morgan fingerprint density at radius 2 is 1.94 bits per heavy atom. The lowest BCUT2D eigenvalue weighted by atomic mass is 10.1. The summed E-state index contributed by atoms with van der Waals surface area (Å²) in [5, 5.41) is 3.32. The van der Waals surface area contributed by atoms with E-state index in [4.69, 9.17) is 4.74 Å². The van der Waals surface area contributed by atoms with Gasteiger partial charge in [0.15, 0.2) is 0 Å². The van der Waals surface area contributed by atoms with E-state index in [0.717, 1.165) is 37.5 Å². The van der Waals surface area contributed by atoms with Gasteiger partial charge in [0.05, 0.1) is 6.10 Å². The molecule has 0 saturated heterocycles. The summed E-state index contributed by atoms with van der Waals surface area (Å²) in [5.74, 6) is 1.35. The van der Waals surface area contributed by atoms with Gasteiger partial charge < -0.3 is 10.1 Å². The first-order chi connectivity index (χ1) is 8.59. The molecule has 0 unspecified atom stereocenters. The Kier molecular flexibility index (Phi) is 6.65. The number of hydrogen-bond acceptors (Lipinski definition) is 4. The molecule has 0 atom stereocenters. The van der Waals surface area contributed by atoms with Crippen molar-refractivity contribution in [2.24, 2.45) is 0 Å². The molecule has 0 aliphatic heterocycles.